The van der Waals surface area contributed by atoms with E-state index in [0.29, 0.717) is 17.0 Å². The van der Waals surface area contributed by atoms with Crippen LogP contribution in [0.3, 0.4) is 0 Å². The number of amides is 1. The van der Waals surface area contributed by atoms with Crippen LogP contribution in [0.25, 0.3) is 0 Å². The zero-order valence-electron chi connectivity index (χ0n) is 17.1. The van der Waals surface area contributed by atoms with Crippen LogP contribution in [0.5, 0.6) is 5.75 Å². The molecule has 0 aromatic carbocycles. The second kappa shape index (κ2) is 9.87. The van der Waals surface area contributed by atoms with Crippen molar-refractivity contribution in [2.24, 2.45) is 4.99 Å². The van der Waals surface area contributed by atoms with E-state index in [1.54, 1.807) is 13.8 Å². The zero-order valence-corrected chi connectivity index (χ0v) is 17.1. The summed E-state index contributed by atoms with van der Waals surface area (Å²) >= 11 is 0. The summed E-state index contributed by atoms with van der Waals surface area (Å²) in [5.41, 5.74) is 7.03. The van der Waals surface area contributed by atoms with Crippen LogP contribution in [0, 0.1) is 13.8 Å². The lowest BCUT2D eigenvalue weighted by Crippen LogP contribution is -2.27. The number of methoxy groups -OCH3 is 1. The highest BCUT2D eigenvalue weighted by Gasteiger charge is 2.29. The fourth-order valence-electron chi connectivity index (χ4n) is 2.50. The van der Waals surface area contributed by atoms with Gasteiger partial charge in [0.1, 0.15) is 11.4 Å². The minimum atomic E-state index is -4.47. The second-order valence-electron chi connectivity index (χ2n) is 6.18. The minimum Gasteiger partial charge on any atom is -0.484 e. The SMILES string of the molecule is C=CN=C(OC)c1nc(N)c(C(=O)NCc2nccc(OCC(F)(F)F)c2C)nc1C. The molecule has 0 radical (unpaired) electrons. The van der Waals surface area contributed by atoms with Crippen LogP contribution in [0.2, 0.25) is 0 Å². The first-order valence-electron chi connectivity index (χ1n) is 8.86. The van der Waals surface area contributed by atoms with Gasteiger partial charge in [0.05, 0.1) is 25.0 Å². The molecule has 12 heteroatoms. The maximum atomic E-state index is 12.5. The van der Waals surface area contributed by atoms with Crippen LogP contribution in [0.1, 0.15) is 33.1 Å². The molecule has 166 valence electrons. The lowest BCUT2D eigenvalue weighted by atomic mass is 10.2. The molecule has 2 rings (SSSR count). The third kappa shape index (κ3) is 6.14. The van der Waals surface area contributed by atoms with Crippen molar-refractivity contribution >= 4 is 17.6 Å². The number of nitrogens with one attached hydrogen (secondary N) is 1. The van der Waals surface area contributed by atoms with Gasteiger partial charge in [0.15, 0.2) is 18.1 Å². The molecule has 1 amide bonds. The van der Waals surface area contributed by atoms with Gasteiger partial charge in [-0.3, -0.25) is 9.78 Å². The van der Waals surface area contributed by atoms with Crippen LogP contribution < -0.4 is 15.8 Å². The first-order valence-corrected chi connectivity index (χ1v) is 8.86. The van der Waals surface area contributed by atoms with Gasteiger partial charge in [-0.05, 0) is 19.9 Å². The van der Waals surface area contributed by atoms with Crippen molar-refractivity contribution in [2.75, 3.05) is 19.5 Å². The molecule has 2 aromatic rings. The average molecular weight is 438 g/mol. The third-order valence-corrected chi connectivity index (χ3v) is 3.98. The van der Waals surface area contributed by atoms with Gasteiger partial charge < -0.3 is 20.5 Å². The number of rotatable bonds is 7. The minimum absolute atomic E-state index is 0.0182. The number of aliphatic imine (C=N–C) groups is 1. The third-order valence-electron chi connectivity index (χ3n) is 3.98. The Kier molecular flexibility index (Phi) is 7.51. The van der Waals surface area contributed by atoms with Crippen molar-refractivity contribution in [1.82, 2.24) is 20.3 Å². The molecule has 0 saturated carbocycles. The molecular formula is C19H21F3N6O3. The number of hydrogen-bond donors (Lipinski definition) is 2. The molecule has 2 aromatic heterocycles. The van der Waals surface area contributed by atoms with Crippen LogP contribution in [-0.4, -0.2) is 46.6 Å². The second-order valence-corrected chi connectivity index (χ2v) is 6.18. The molecule has 0 saturated heterocycles. The lowest BCUT2D eigenvalue weighted by Gasteiger charge is -2.14. The molecule has 0 atom stereocenters. The molecule has 3 N–H and O–H groups in total. The standard InChI is InChI=1S/C19H21F3N6O3/c1-5-24-18(30-4)14-11(3)27-15(16(23)28-14)17(29)26-8-12-10(2)13(6-7-25-12)31-9-19(20,21)22/h5-7H,1,8-9H2,2-4H3,(H2,23,28)(H,26,29). The fourth-order valence-corrected chi connectivity index (χ4v) is 2.50. The highest BCUT2D eigenvalue weighted by atomic mass is 19.4. The number of anilines is 1. The number of pyridine rings is 1. The van der Waals surface area contributed by atoms with Crippen LogP contribution in [0.4, 0.5) is 19.0 Å². The van der Waals surface area contributed by atoms with Gasteiger partial charge in [-0.2, -0.15) is 13.2 Å². The van der Waals surface area contributed by atoms with E-state index < -0.39 is 18.7 Å². The van der Waals surface area contributed by atoms with E-state index in [0.717, 1.165) is 0 Å². The van der Waals surface area contributed by atoms with Crippen LogP contribution in [-0.2, 0) is 11.3 Å². The Bertz CT molecular complexity index is 1010. The molecule has 0 aliphatic heterocycles. The quantitative estimate of drug-likeness (QED) is 0.503. The molecule has 0 aliphatic rings. The Morgan fingerprint density at radius 1 is 1.32 bits per heavy atom. The smallest absolute Gasteiger partial charge is 0.422 e. The van der Waals surface area contributed by atoms with Crippen molar-refractivity contribution in [1.29, 1.82) is 0 Å². The van der Waals surface area contributed by atoms with E-state index in [1.165, 1.54) is 25.6 Å². The highest BCUT2D eigenvalue weighted by molar-refractivity contribution is 5.98. The number of halogens is 3. The summed E-state index contributed by atoms with van der Waals surface area (Å²) in [5.74, 6) is -0.639. The highest BCUT2D eigenvalue weighted by Crippen LogP contribution is 2.23. The largest absolute Gasteiger partial charge is 0.484 e. The average Bonchev–Trinajstić information content (AvgIpc) is 2.71. The van der Waals surface area contributed by atoms with Crippen molar-refractivity contribution in [2.45, 2.75) is 26.6 Å². The zero-order chi connectivity index (χ0) is 23.2. The number of alkyl halides is 3. The summed E-state index contributed by atoms with van der Waals surface area (Å²) in [6, 6.07) is 1.32. The number of carbonyl (C=O) groups is 1. The Morgan fingerprint density at radius 3 is 2.65 bits per heavy atom. The van der Waals surface area contributed by atoms with Gasteiger partial charge in [0.2, 0.25) is 5.90 Å². The number of hydrogen-bond acceptors (Lipinski definition) is 8. The number of nitrogens with two attached hydrogens (primary N) is 1. The monoisotopic (exact) mass is 438 g/mol. The fraction of sp³-hybridized carbons (Fsp3) is 0.316. The molecular weight excluding hydrogens is 417 g/mol. The van der Waals surface area contributed by atoms with E-state index >= 15 is 0 Å². The summed E-state index contributed by atoms with van der Waals surface area (Å²) in [4.78, 5) is 28.8. The maximum Gasteiger partial charge on any atom is 0.422 e. The summed E-state index contributed by atoms with van der Waals surface area (Å²) in [6.07, 6.45) is -1.92. The van der Waals surface area contributed by atoms with Gasteiger partial charge in [0.25, 0.3) is 5.91 Å². The van der Waals surface area contributed by atoms with Crippen molar-refractivity contribution in [3.63, 3.8) is 0 Å². The Balaban J connectivity index is 2.17. The first kappa shape index (κ1) is 23.6. The number of aromatic nitrogens is 3. The normalized spacial score (nSPS) is 11.7. The predicted molar refractivity (Wildman–Crippen MR) is 107 cm³/mol. The number of nitrogen functional groups attached to an aromatic ring is 1. The van der Waals surface area contributed by atoms with Gasteiger partial charge >= 0.3 is 6.18 Å². The van der Waals surface area contributed by atoms with E-state index in [4.69, 9.17) is 15.2 Å². The van der Waals surface area contributed by atoms with Gasteiger partial charge in [-0.15, -0.1) is 0 Å². The Labute approximate surface area is 176 Å². The molecule has 2 heterocycles. The van der Waals surface area contributed by atoms with Gasteiger partial charge in [-0.25, -0.2) is 15.0 Å². The molecule has 0 fully saturated rings. The number of carbonyl (C=O) groups excluding carboxylic acids is 1. The molecule has 31 heavy (non-hydrogen) atoms. The first-order chi connectivity index (χ1) is 14.6. The Morgan fingerprint density at radius 2 is 2.03 bits per heavy atom. The molecule has 0 aliphatic carbocycles. The van der Waals surface area contributed by atoms with Crippen molar-refractivity contribution < 1.29 is 27.4 Å². The molecule has 0 unspecified atom stereocenters. The summed E-state index contributed by atoms with van der Waals surface area (Å²) < 4.78 is 47.1. The summed E-state index contributed by atoms with van der Waals surface area (Å²) in [7, 11) is 1.39. The molecule has 0 spiro atoms. The molecule has 0 bridgehead atoms. The van der Waals surface area contributed by atoms with Crippen LogP contribution in [0.15, 0.2) is 30.0 Å². The number of nitrogens with zero attached hydrogens (tertiary/aromatic N) is 4. The predicted octanol–water partition coefficient (Wildman–Crippen LogP) is 2.48. The Hall–Kier alpha value is -3.70. The number of aryl methyl sites for hydroxylation is 1. The summed E-state index contributed by atoms with van der Waals surface area (Å²) in [5, 5.41) is 2.57. The topological polar surface area (TPSA) is 125 Å². The van der Waals surface area contributed by atoms with Gasteiger partial charge in [-0.1, -0.05) is 6.58 Å². The van der Waals surface area contributed by atoms with Crippen molar-refractivity contribution in [3.8, 4) is 5.75 Å². The van der Waals surface area contributed by atoms with E-state index in [-0.39, 0.29) is 35.4 Å². The van der Waals surface area contributed by atoms with Crippen LogP contribution >= 0.6 is 0 Å². The number of ether oxygens (including phenoxy) is 2. The molecule has 9 nitrogen and oxygen atoms in total. The van der Waals surface area contributed by atoms with E-state index in [1.807, 2.05) is 0 Å². The van der Waals surface area contributed by atoms with Crippen molar-refractivity contribution in [3.05, 3.63) is 53.4 Å². The van der Waals surface area contributed by atoms with E-state index in [2.05, 4.69) is 31.8 Å². The van der Waals surface area contributed by atoms with E-state index in [9.17, 15) is 18.0 Å². The maximum absolute atomic E-state index is 12.5. The summed E-state index contributed by atoms with van der Waals surface area (Å²) in [6.45, 7) is 5.10. The lowest BCUT2D eigenvalue weighted by molar-refractivity contribution is -0.153. The van der Waals surface area contributed by atoms with Gasteiger partial charge in [0, 0.05) is 18.0 Å².